The van der Waals surface area contributed by atoms with Gasteiger partial charge in [-0.3, -0.25) is 14.3 Å². The summed E-state index contributed by atoms with van der Waals surface area (Å²) in [6.45, 7) is 9.34. The smallest absolute Gasteiger partial charge is 0.243 e. The number of sulfonamides is 1. The summed E-state index contributed by atoms with van der Waals surface area (Å²) in [5.74, 6) is 1.17. The van der Waals surface area contributed by atoms with E-state index in [1.54, 1.807) is 54.5 Å². The van der Waals surface area contributed by atoms with Crippen molar-refractivity contribution in [3.05, 3.63) is 66.0 Å². The Balaban J connectivity index is 1.86. The van der Waals surface area contributed by atoms with Crippen molar-refractivity contribution >= 4 is 16.0 Å². The van der Waals surface area contributed by atoms with Crippen molar-refractivity contribution < 1.29 is 17.9 Å². The zero-order valence-corrected chi connectivity index (χ0v) is 23.9. The van der Waals surface area contributed by atoms with Crippen molar-refractivity contribution in [3.63, 3.8) is 0 Å². The fourth-order valence-corrected chi connectivity index (χ4v) is 5.91. The zero-order chi connectivity index (χ0) is 28.3. The molecule has 0 radical (unpaired) electrons. The summed E-state index contributed by atoms with van der Waals surface area (Å²) < 4.78 is 43.2. The molecule has 0 aliphatic carbocycles. The van der Waals surface area contributed by atoms with Crippen molar-refractivity contribution in [1.29, 1.82) is 0 Å². The van der Waals surface area contributed by atoms with Crippen molar-refractivity contribution in [2.45, 2.75) is 45.8 Å². The van der Waals surface area contributed by atoms with Gasteiger partial charge in [-0.25, -0.2) is 18.4 Å². The Kier molecular flexibility index (Phi) is 8.14. The van der Waals surface area contributed by atoms with E-state index in [-0.39, 0.29) is 11.9 Å². The molecule has 0 amide bonds. The second-order valence-electron chi connectivity index (χ2n) is 9.69. The average molecular weight is 552 g/mol. The molecule has 4 rings (SSSR count). The molecule has 12 heteroatoms. The van der Waals surface area contributed by atoms with Gasteiger partial charge < -0.3 is 9.47 Å². The second-order valence-corrected chi connectivity index (χ2v) is 11.7. The fourth-order valence-electron chi connectivity index (χ4n) is 4.52. The minimum atomic E-state index is -4.01. The molecule has 0 spiro atoms. The Morgan fingerprint density at radius 3 is 2.10 bits per heavy atom. The largest absolute Gasteiger partial charge is 0.494 e. The lowest BCUT2D eigenvalue weighted by atomic mass is 9.92. The number of hydrogen-bond donors (Lipinski definition) is 1. The molecule has 2 atom stereocenters. The van der Waals surface area contributed by atoms with E-state index in [1.165, 1.54) is 14.2 Å². The van der Waals surface area contributed by atoms with Crippen LogP contribution in [0.1, 0.15) is 43.6 Å². The van der Waals surface area contributed by atoms with E-state index < -0.39 is 21.2 Å². The number of hydrogen-bond acceptors (Lipinski definition) is 9. The van der Waals surface area contributed by atoms with Crippen molar-refractivity contribution in [3.8, 4) is 28.6 Å². The Labute approximate surface area is 228 Å². The summed E-state index contributed by atoms with van der Waals surface area (Å²) in [6.07, 6.45) is 6.74. The van der Waals surface area contributed by atoms with Crippen LogP contribution < -0.4 is 14.2 Å². The number of ether oxygens (including phenoxy) is 2. The van der Waals surface area contributed by atoms with Gasteiger partial charge in [0.1, 0.15) is 23.0 Å². The summed E-state index contributed by atoms with van der Waals surface area (Å²) in [7, 11) is -0.963. The van der Waals surface area contributed by atoms with E-state index >= 15 is 0 Å². The van der Waals surface area contributed by atoms with Crippen LogP contribution in [0.4, 0.5) is 5.95 Å². The Hall–Kier alpha value is -4.06. The molecule has 0 saturated heterocycles. The lowest BCUT2D eigenvalue weighted by molar-refractivity contribution is 0.391. The number of pyridine rings is 1. The maximum atomic E-state index is 13.9. The van der Waals surface area contributed by atoms with Crippen LogP contribution in [-0.2, 0) is 10.0 Å². The van der Waals surface area contributed by atoms with Crippen molar-refractivity contribution in [1.82, 2.24) is 29.7 Å². The molecule has 4 aromatic rings. The van der Waals surface area contributed by atoms with Gasteiger partial charge in [0.15, 0.2) is 5.82 Å². The van der Waals surface area contributed by atoms with Gasteiger partial charge in [0.2, 0.25) is 16.0 Å². The lowest BCUT2D eigenvalue weighted by Crippen LogP contribution is -2.35. The van der Waals surface area contributed by atoms with Gasteiger partial charge in [-0.15, -0.1) is 10.2 Å². The minimum absolute atomic E-state index is 0.0199. The zero-order valence-electron chi connectivity index (χ0n) is 23.1. The third-order valence-corrected chi connectivity index (χ3v) is 8.21. The molecule has 39 heavy (non-hydrogen) atoms. The first-order chi connectivity index (χ1) is 18.6. The topological polar surface area (TPSA) is 134 Å². The molecule has 206 valence electrons. The molecule has 0 saturated carbocycles. The van der Waals surface area contributed by atoms with E-state index in [2.05, 4.69) is 29.9 Å². The third kappa shape index (κ3) is 5.70. The molecule has 0 bridgehead atoms. The van der Waals surface area contributed by atoms with Gasteiger partial charge in [0.25, 0.3) is 0 Å². The molecule has 1 aromatic carbocycles. The van der Waals surface area contributed by atoms with E-state index in [0.29, 0.717) is 34.4 Å². The second kappa shape index (κ2) is 11.4. The lowest BCUT2D eigenvalue weighted by Gasteiger charge is -2.26. The minimum Gasteiger partial charge on any atom is -0.494 e. The first kappa shape index (κ1) is 28.0. The molecule has 0 fully saturated rings. The van der Waals surface area contributed by atoms with E-state index in [4.69, 9.17) is 9.47 Å². The summed E-state index contributed by atoms with van der Waals surface area (Å²) in [5, 5.41) is 7.72. The van der Waals surface area contributed by atoms with Gasteiger partial charge in [-0.2, -0.15) is 0 Å². The van der Waals surface area contributed by atoms with Gasteiger partial charge in [0.05, 0.1) is 19.5 Å². The van der Waals surface area contributed by atoms with Gasteiger partial charge in [0, 0.05) is 36.3 Å². The van der Waals surface area contributed by atoms with Gasteiger partial charge >= 0.3 is 0 Å². The maximum Gasteiger partial charge on any atom is 0.243 e. The molecule has 0 aliphatic heterocycles. The Morgan fingerprint density at radius 2 is 1.54 bits per heavy atom. The summed E-state index contributed by atoms with van der Waals surface area (Å²) >= 11 is 0. The van der Waals surface area contributed by atoms with E-state index in [0.717, 1.165) is 11.1 Å². The van der Waals surface area contributed by atoms with Gasteiger partial charge in [-0.1, -0.05) is 19.9 Å². The Morgan fingerprint density at radius 1 is 0.897 bits per heavy atom. The molecule has 11 nitrogen and oxygen atoms in total. The first-order valence-corrected chi connectivity index (χ1v) is 14.0. The van der Waals surface area contributed by atoms with Crippen LogP contribution in [0.2, 0.25) is 0 Å². The van der Waals surface area contributed by atoms with Crippen LogP contribution in [-0.4, -0.2) is 57.6 Å². The maximum absolute atomic E-state index is 13.9. The monoisotopic (exact) mass is 551 g/mol. The number of aryl methyl sites for hydroxylation is 2. The van der Waals surface area contributed by atoms with Crippen LogP contribution in [0, 0.1) is 19.8 Å². The highest BCUT2D eigenvalue weighted by atomic mass is 32.2. The summed E-state index contributed by atoms with van der Waals surface area (Å²) in [4.78, 5) is 13.1. The molecular weight excluding hydrogens is 518 g/mol. The van der Waals surface area contributed by atoms with Crippen LogP contribution >= 0.6 is 0 Å². The molecule has 0 aliphatic rings. The third-order valence-electron chi connectivity index (χ3n) is 6.47. The summed E-state index contributed by atoms with van der Waals surface area (Å²) in [5.41, 5.74) is 2.88. The van der Waals surface area contributed by atoms with Crippen molar-refractivity contribution in [2.75, 3.05) is 18.9 Å². The van der Waals surface area contributed by atoms with Crippen LogP contribution in [0.25, 0.3) is 17.1 Å². The molecule has 3 heterocycles. The number of anilines is 1. The number of methoxy groups -OCH3 is 2. The predicted octanol–water partition coefficient (Wildman–Crippen LogP) is 4.32. The van der Waals surface area contributed by atoms with Crippen LogP contribution in [0.15, 0.2) is 49.1 Å². The predicted molar refractivity (Wildman–Crippen MR) is 149 cm³/mol. The molecule has 2 unspecified atom stereocenters. The number of para-hydroxylation sites is 1. The standard InChI is InChI=1S/C27H33N7O4S/c1-16(2)23(25-29-13-18(4)14-30-25)19(5)39(35,36)33-27-32-31-26(20-11-17(3)12-28-15-20)34(27)24-21(37-6)9-8-10-22(24)38-7/h8-16,19,23H,1-7H3,(H,32,33). The van der Waals surface area contributed by atoms with Crippen molar-refractivity contribution in [2.24, 2.45) is 5.92 Å². The number of nitrogens with zero attached hydrogens (tertiary/aromatic N) is 6. The number of benzene rings is 1. The Bertz CT molecular complexity index is 1530. The van der Waals surface area contributed by atoms with E-state index in [1.807, 2.05) is 33.8 Å². The SMILES string of the molecule is COc1cccc(OC)c1-n1c(NS(=O)(=O)C(C)C(c2ncc(C)cn2)C(C)C)nnc1-c1cncc(C)c1. The highest BCUT2D eigenvalue weighted by Crippen LogP contribution is 2.38. The van der Waals surface area contributed by atoms with E-state index in [9.17, 15) is 8.42 Å². The molecule has 1 N–H and O–H groups in total. The first-order valence-electron chi connectivity index (χ1n) is 12.5. The fraction of sp³-hybridized carbons (Fsp3) is 0.370. The summed E-state index contributed by atoms with van der Waals surface area (Å²) in [6, 6.07) is 7.17. The quantitative estimate of drug-likeness (QED) is 0.306. The van der Waals surface area contributed by atoms with Gasteiger partial charge in [-0.05, 0) is 56.0 Å². The average Bonchev–Trinajstić information content (AvgIpc) is 3.31. The molecular formula is C27H33N7O4S. The number of aromatic nitrogens is 6. The highest BCUT2D eigenvalue weighted by molar-refractivity contribution is 7.93. The highest BCUT2D eigenvalue weighted by Gasteiger charge is 2.36. The normalized spacial score (nSPS) is 13.2. The van der Waals surface area contributed by atoms with Crippen LogP contribution in [0.3, 0.4) is 0 Å². The number of rotatable bonds is 10. The number of nitrogens with one attached hydrogen (secondary N) is 1. The van der Waals surface area contributed by atoms with Crippen LogP contribution in [0.5, 0.6) is 11.5 Å². The molecule has 3 aromatic heterocycles.